The number of nitrogens with zero attached hydrogens (tertiary/aromatic N) is 2. The van der Waals surface area contributed by atoms with E-state index in [0.29, 0.717) is 45.3 Å². The number of hydrogen-bond donors (Lipinski definition) is 1. The van der Waals surface area contributed by atoms with Gasteiger partial charge < -0.3 is 19.3 Å². The Kier molecular flexibility index (Phi) is 7.26. The van der Waals surface area contributed by atoms with Crippen LogP contribution in [0.5, 0.6) is 0 Å². The maximum atomic E-state index is 12.8. The number of aliphatic imine (C=N–C) groups is 1. The topological polar surface area (TPSA) is 80.6 Å². The van der Waals surface area contributed by atoms with Gasteiger partial charge in [-0.2, -0.15) is 4.99 Å². The summed E-state index contributed by atoms with van der Waals surface area (Å²) in [6, 6.07) is 5.68. The van der Waals surface area contributed by atoms with Crippen LogP contribution in [0.15, 0.2) is 29.3 Å². The lowest BCUT2D eigenvalue weighted by Crippen LogP contribution is -2.34. The van der Waals surface area contributed by atoms with E-state index in [1.165, 1.54) is 0 Å². The van der Waals surface area contributed by atoms with E-state index in [4.69, 9.17) is 14.2 Å². The normalized spacial score (nSPS) is 22.3. The highest BCUT2D eigenvalue weighted by Gasteiger charge is 2.28. The highest BCUT2D eigenvalue weighted by Crippen LogP contribution is 2.32. The molecule has 3 atom stereocenters. The van der Waals surface area contributed by atoms with Gasteiger partial charge in [-0.3, -0.25) is 4.90 Å². The van der Waals surface area contributed by atoms with Gasteiger partial charge in [-0.25, -0.2) is 4.79 Å². The number of carbonyl (C=O) groups excluding carboxylic acids is 1. The maximum Gasteiger partial charge on any atom is 0.351 e. The Balaban J connectivity index is 1.48. The molecule has 170 valence electrons. The van der Waals surface area contributed by atoms with Crippen LogP contribution < -0.4 is 0 Å². The molecule has 0 aliphatic carbocycles. The molecule has 7 nitrogen and oxygen atoms in total. The van der Waals surface area contributed by atoms with Gasteiger partial charge in [-0.15, -0.1) is 0 Å². The van der Waals surface area contributed by atoms with E-state index in [0.717, 1.165) is 35.2 Å². The summed E-state index contributed by atoms with van der Waals surface area (Å²) in [6.45, 7) is 6.55. The molecule has 7 heteroatoms. The summed E-state index contributed by atoms with van der Waals surface area (Å²) in [6.07, 6.45) is 3.27. The molecule has 0 aromatic heterocycles. The molecule has 1 fully saturated rings. The highest BCUT2D eigenvalue weighted by atomic mass is 16.6. The van der Waals surface area contributed by atoms with Crippen molar-refractivity contribution < 1.29 is 24.1 Å². The Bertz CT molecular complexity index is 968. The van der Waals surface area contributed by atoms with E-state index >= 15 is 0 Å². The zero-order valence-corrected chi connectivity index (χ0v) is 18.7. The minimum atomic E-state index is -0.630. The number of aliphatic hydroxyl groups is 1. The summed E-state index contributed by atoms with van der Waals surface area (Å²) in [5.74, 6) is 6.58. The van der Waals surface area contributed by atoms with Crippen LogP contribution >= 0.6 is 0 Å². The molecule has 3 aliphatic rings. The molecule has 3 unspecified atom stereocenters. The van der Waals surface area contributed by atoms with Crippen LogP contribution in [0.25, 0.3) is 5.70 Å². The minimum absolute atomic E-state index is 0.140. The number of carbonyl (C=O) groups is 1. The van der Waals surface area contributed by atoms with Crippen molar-refractivity contribution in [3.8, 4) is 11.8 Å². The summed E-state index contributed by atoms with van der Waals surface area (Å²) in [5, 5.41) is 10.1. The summed E-state index contributed by atoms with van der Waals surface area (Å²) in [7, 11) is 0. The van der Waals surface area contributed by atoms with Crippen LogP contribution in [0.1, 0.15) is 43.4 Å². The third kappa shape index (κ3) is 5.21. The molecule has 1 aromatic carbocycles. The monoisotopic (exact) mass is 438 g/mol. The molecule has 0 radical (unpaired) electrons. The molecule has 3 aliphatic heterocycles. The first-order valence-electron chi connectivity index (χ1n) is 11.3. The van der Waals surface area contributed by atoms with Crippen molar-refractivity contribution in [3.63, 3.8) is 0 Å². The number of rotatable bonds is 4. The van der Waals surface area contributed by atoms with E-state index in [1.54, 1.807) is 4.90 Å². The first-order chi connectivity index (χ1) is 15.5. The van der Waals surface area contributed by atoms with Crippen LogP contribution in [-0.2, 0) is 20.6 Å². The van der Waals surface area contributed by atoms with E-state index < -0.39 is 6.10 Å². The van der Waals surface area contributed by atoms with Crippen molar-refractivity contribution in [2.45, 2.75) is 45.3 Å². The van der Waals surface area contributed by atoms with Crippen LogP contribution in [0.2, 0.25) is 0 Å². The number of urea groups is 1. The van der Waals surface area contributed by atoms with Crippen molar-refractivity contribution in [2.75, 3.05) is 33.0 Å². The number of ether oxygens (including phenoxy) is 3. The van der Waals surface area contributed by atoms with E-state index in [1.807, 2.05) is 32.1 Å². The molecule has 1 N–H and O–H groups in total. The SMILES string of the molecule is CCC(C)C(O)C#Cc1ccc2c(c1)CCN1C(=O)N=C(OCC3COCCO3)CC=C21. The first-order valence-corrected chi connectivity index (χ1v) is 11.3. The minimum Gasteiger partial charge on any atom is -0.478 e. The summed E-state index contributed by atoms with van der Waals surface area (Å²) >= 11 is 0. The smallest absolute Gasteiger partial charge is 0.351 e. The fraction of sp³-hybridized carbons (Fsp3) is 0.520. The van der Waals surface area contributed by atoms with Gasteiger partial charge in [0.15, 0.2) is 5.90 Å². The van der Waals surface area contributed by atoms with Gasteiger partial charge in [-0.1, -0.05) is 44.3 Å². The lowest BCUT2D eigenvalue weighted by Gasteiger charge is -2.29. The summed E-state index contributed by atoms with van der Waals surface area (Å²) < 4.78 is 16.8. The lowest BCUT2D eigenvalue weighted by atomic mass is 9.94. The van der Waals surface area contributed by atoms with E-state index in [2.05, 4.69) is 22.9 Å². The van der Waals surface area contributed by atoms with Gasteiger partial charge in [-0.05, 0) is 30.0 Å². The van der Waals surface area contributed by atoms with Crippen molar-refractivity contribution >= 4 is 17.6 Å². The van der Waals surface area contributed by atoms with Gasteiger partial charge in [0, 0.05) is 29.8 Å². The van der Waals surface area contributed by atoms with E-state index in [9.17, 15) is 9.90 Å². The van der Waals surface area contributed by atoms with Crippen molar-refractivity contribution in [2.24, 2.45) is 10.9 Å². The number of amides is 2. The van der Waals surface area contributed by atoms with Gasteiger partial charge in [0.1, 0.15) is 18.8 Å². The molecule has 0 bridgehead atoms. The summed E-state index contributed by atoms with van der Waals surface area (Å²) in [5.41, 5.74) is 3.88. The molecule has 1 saturated heterocycles. The second kappa shape index (κ2) is 10.3. The molecule has 32 heavy (non-hydrogen) atoms. The molecular formula is C25H30N2O5. The average Bonchev–Trinajstić information content (AvgIpc) is 2.99. The van der Waals surface area contributed by atoms with Crippen molar-refractivity contribution in [1.29, 1.82) is 0 Å². The predicted octanol–water partition coefficient (Wildman–Crippen LogP) is 3.00. The van der Waals surface area contributed by atoms with Crippen LogP contribution in [0.3, 0.4) is 0 Å². The molecule has 1 aromatic rings. The molecular weight excluding hydrogens is 408 g/mol. The van der Waals surface area contributed by atoms with E-state index in [-0.39, 0.29) is 18.1 Å². The highest BCUT2D eigenvalue weighted by molar-refractivity contribution is 5.98. The fourth-order valence-corrected chi connectivity index (χ4v) is 3.88. The Morgan fingerprint density at radius 3 is 3.03 bits per heavy atom. The van der Waals surface area contributed by atoms with Crippen molar-refractivity contribution in [1.82, 2.24) is 4.90 Å². The Labute approximate surface area is 189 Å². The van der Waals surface area contributed by atoms with Gasteiger partial charge >= 0.3 is 6.03 Å². The predicted molar refractivity (Wildman–Crippen MR) is 121 cm³/mol. The fourth-order valence-electron chi connectivity index (χ4n) is 3.88. The average molecular weight is 439 g/mol. The Morgan fingerprint density at radius 1 is 1.38 bits per heavy atom. The van der Waals surface area contributed by atoms with Crippen LogP contribution in [0.4, 0.5) is 4.79 Å². The lowest BCUT2D eigenvalue weighted by molar-refractivity contribution is -0.103. The second-order valence-corrected chi connectivity index (χ2v) is 8.33. The molecule has 0 saturated carbocycles. The molecule has 0 spiro atoms. The van der Waals surface area contributed by atoms with Crippen molar-refractivity contribution in [3.05, 3.63) is 41.0 Å². The zero-order valence-electron chi connectivity index (χ0n) is 18.7. The Morgan fingerprint density at radius 2 is 2.25 bits per heavy atom. The van der Waals surface area contributed by atoms with Gasteiger partial charge in [0.05, 0.1) is 19.8 Å². The number of aliphatic hydroxyl groups excluding tert-OH is 1. The number of hydrogen-bond acceptors (Lipinski definition) is 5. The quantitative estimate of drug-likeness (QED) is 0.731. The summed E-state index contributed by atoms with van der Waals surface area (Å²) in [4.78, 5) is 18.7. The molecule has 3 heterocycles. The third-order valence-electron chi connectivity index (χ3n) is 6.07. The zero-order chi connectivity index (χ0) is 22.5. The molecule has 2 amide bonds. The maximum absolute atomic E-state index is 12.8. The van der Waals surface area contributed by atoms with Gasteiger partial charge in [0.25, 0.3) is 0 Å². The van der Waals surface area contributed by atoms with Crippen LogP contribution in [0, 0.1) is 17.8 Å². The standard InChI is InChI=1S/C25H30N2O5/c1-3-17(2)23(28)8-5-18-4-6-21-19(14-18)10-11-27-22(21)7-9-24(26-25(27)29)32-16-20-15-30-12-13-31-20/h4,6-7,14,17,20,23,28H,3,9-13,15-16H2,1-2H3. The number of fused-ring (bicyclic) bond motifs is 3. The number of benzene rings is 1. The second-order valence-electron chi connectivity index (χ2n) is 8.33. The van der Waals surface area contributed by atoms with Gasteiger partial charge in [0.2, 0.25) is 0 Å². The van der Waals surface area contributed by atoms with Crippen LogP contribution in [-0.4, -0.2) is 67.1 Å². The third-order valence-corrected chi connectivity index (χ3v) is 6.07. The largest absolute Gasteiger partial charge is 0.478 e. The first kappa shape index (κ1) is 22.5. The Hall–Kier alpha value is -2.66. The molecule has 4 rings (SSSR count).